The molecule has 55 heavy (non-hydrogen) atoms. The number of hydrogen-bond donors (Lipinski definition) is 2. The second-order valence-corrected chi connectivity index (χ2v) is 15.9. The van der Waals surface area contributed by atoms with E-state index in [1.54, 1.807) is 13.2 Å². The van der Waals surface area contributed by atoms with Crippen molar-refractivity contribution in [2.24, 2.45) is 5.92 Å². The van der Waals surface area contributed by atoms with Gasteiger partial charge in [-0.25, -0.2) is 9.07 Å². The molecule has 3 aromatic heterocycles. The minimum Gasteiger partial charge on any atom is -0.486 e. The third kappa shape index (κ3) is 7.02. The maximum Gasteiger partial charge on any atom is 0.319 e. The second kappa shape index (κ2) is 15.2. The molecule has 0 radical (unpaired) electrons. The number of fused-ring (bicyclic) bond motifs is 4. The molecular formula is C40H41ClFN9O3S. The van der Waals surface area contributed by atoms with Crippen LogP contribution in [0.15, 0.2) is 48.7 Å². The molecule has 2 fully saturated rings. The number of benzene rings is 3. The number of hydrogen-bond acceptors (Lipinski definition) is 12. The molecule has 0 spiro atoms. The van der Waals surface area contributed by atoms with Crippen LogP contribution in [0.3, 0.4) is 0 Å². The first-order valence-corrected chi connectivity index (χ1v) is 19.5. The van der Waals surface area contributed by atoms with Crippen molar-refractivity contribution in [3.63, 3.8) is 0 Å². The molecule has 0 aliphatic carbocycles. The summed E-state index contributed by atoms with van der Waals surface area (Å²) in [5.74, 6) is 0.955. The van der Waals surface area contributed by atoms with Crippen LogP contribution in [0.2, 0.25) is 5.02 Å². The van der Waals surface area contributed by atoms with Gasteiger partial charge in [0.05, 0.1) is 34.1 Å². The van der Waals surface area contributed by atoms with Crippen molar-refractivity contribution in [3.05, 3.63) is 70.6 Å². The largest absolute Gasteiger partial charge is 0.486 e. The Hall–Kier alpha value is -5.07. The van der Waals surface area contributed by atoms with Crippen LogP contribution < -0.4 is 25.4 Å². The van der Waals surface area contributed by atoms with Crippen molar-refractivity contribution in [2.45, 2.75) is 58.3 Å². The third-order valence-electron chi connectivity index (χ3n) is 10.6. The lowest BCUT2D eigenvalue weighted by Crippen LogP contribution is -2.51. The van der Waals surface area contributed by atoms with Crippen LogP contribution in [0.1, 0.15) is 50.8 Å². The molecule has 15 heteroatoms. The van der Waals surface area contributed by atoms with Gasteiger partial charge in [0.2, 0.25) is 0 Å². The number of nitrogens with two attached hydrogens (primary N) is 1. The van der Waals surface area contributed by atoms with Crippen LogP contribution in [-0.4, -0.2) is 70.5 Å². The van der Waals surface area contributed by atoms with Crippen molar-refractivity contribution < 1.29 is 18.6 Å². The van der Waals surface area contributed by atoms with Crippen molar-refractivity contribution >= 4 is 54.7 Å². The molecule has 0 saturated carbocycles. The maximum absolute atomic E-state index is 15.3. The smallest absolute Gasteiger partial charge is 0.319 e. The van der Waals surface area contributed by atoms with E-state index in [2.05, 4.69) is 47.4 Å². The fourth-order valence-corrected chi connectivity index (χ4v) is 8.65. The molecular weight excluding hydrogens is 741 g/mol. The number of thiophene rings is 1. The predicted octanol–water partition coefficient (Wildman–Crippen LogP) is 7.78. The molecule has 5 heterocycles. The normalized spacial score (nSPS) is 17.3. The van der Waals surface area contributed by atoms with Gasteiger partial charge in [0.25, 0.3) is 0 Å². The van der Waals surface area contributed by atoms with E-state index in [1.807, 2.05) is 41.2 Å². The molecule has 2 aliphatic heterocycles. The number of nitrogen functional groups attached to an aromatic ring is 1. The van der Waals surface area contributed by atoms with Crippen LogP contribution >= 0.6 is 22.9 Å². The molecule has 3 aromatic carbocycles. The number of methoxy groups -OCH3 is 1. The molecule has 2 saturated heterocycles. The Balaban J connectivity index is 1.26. The zero-order valence-electron chi connectivity index (χ0n) is 31.0. The average Bonchev–Trinajstić information content (AvgIpc) is 3.90. The first-order valence-electron chi connectivity index (χ1n) is 18.3. The molecule has 3 atom stereocenters. The van der Waals surface area contributed by atoms with Gasteiger partial charge in [0.1, 0.15) is 47.1 Å². The van der Waals surface area contributed by atoms with Gasteiger partial charge in [-0.2, -0.15) is 15.2 Å². The van der Waals surface area contributed by atoms with Gasteiger partial charge in [-0.3, -0.25) is 0 Å². The number of aromatic nitrogens is 5. The third-order valence-corrected chi connectivity index (χ3v) is 11.9. The van der Waals surface area contributed by atoms with E-state index in [1.165, 1.54) is 6.07 Å². The van der Waals surface area contributed by atoms with Gasteiger partial charge in [-0.15, -0.1) is 16.4 Å². The van der Waals surface area contributed by atoms with Gasteiger partial charge in [-0.05, 0) is 48.9 Å². The summed E-state index contributed by atoms with van der Waals surface area (Å²) in [6.07, 6.45) is 4.13. The zero-order valence-corrected chi connectivity index (χ0v) is 32.5. The fraction of sp³-hybridized carbons (Fsp3) is 0.375. The SMILES string of the molecule is COCCOc1nc(N2CC3CCC(C2)N3)c2cc(Cl)c(-c3ccc(F)c4sc(N)c(C#N)c34)c(OCc3ccc(-c4cn(C(C)C(C)C)nn4)cc3)c2n1. The van der Waals surface area contributed by atoms with Gasteiger partial charge in [0.15, 0.2) is 5.75 Å². The van der Waals surface area contributed by atoms with Gasteiger partial charge in [0, 0.05) is 54.2 Å². The minimum absolute atomic E-state index is 0.137. The van der Waals surface area contributed by atoms with Crippen LogP contribution in [0.4, 0.5) is 15.2 Å². The van der Waals surface area contributed by atoms with Gasteiger partial charge in [-0.1, -0.05) is 61.0 Å². The molecule has 6 aromatic rings. The van der Waals surface area contributed by atoms with Crippen LogP contribution in [0.25, 0.3) is 43.4 Å². The molecule has 8 rings (SSSR count). The van der Waals surface area contributed by atoms with E-state index in [-0.39, 0.29) is 40.5 Å². The molecule has 2 aliphatic rings. The number of nitriles is 1. The van der Waals surface area contributed by atoms with E-state index < -0.39 is 5.82 Å². The van der Waals surface area contributed by atoms with Crippen molar-refractivity contribution in [3.8, 4) is 40.2 Å². The summed E-state index contributed by atoms with van der Waals surface area (Å²) < 4.78 is 35.6. The molecule has 3 N–H and O–H groups in total. The summed E-state index contributed by atoms with van der Waals surface area (Å²) in [5, 5.41) is 24.2. The van der Waals surface area contributed by atoms with Gasteiger partial charge < -0.3 is 30.2 Å². The number of nitrogens with zero attached hydrogens (tertiary/aromatic N) is 7. The second-order valence-electron chi connectivity index (χ2n) is 14.5. The van der Waals surface area contributed by atoms with E-state index >= 15 is 4.39 Å². The maximum atomic E-state index is 15.3. The Morgan fingerprint density at radius 3 is 2.55 bits per heavy atom. The summed E-state index contributed by atoms with van der Waals surface area (Å²) >= 11 is 8.31. The lowest BCUT2D eigenvalue weighted by Gasteiger charge is -2.34. The quantitative estimate of drug-likeness (QED) is 0.117. The Morgan fingerprint density at radius 2 is 1.84 bits per heavy atom. The standard InChI is InChI=1S/C40H41ClFN9O3S/c1-21(2)22(3)51-19-32(48-49-51)24-7-5-23(6-8-24)20-54-36-34(27-11-12-31(42)37-33(27)29(16-43)38(44)55-37)30(41)15-28-35(36)46-40(53-14-13-52-4)47-39(28)50-17-25-9-10-26(18-50)45-25/h5-8,11-12,15,19,21-22,25-26,45H,9-10,13-14,17-18,20,44H2,1-4H3. The summed E-state index contributed by atoms with van der Waals surface area (Å²) in [5.41, 5.74) is 10.4. The number of nitrogens with one attached hydrogen (secondary N) is 1. The lowest BCUT2D eigenvalue weighted by atomic mass is 9.96. The molecule has 12 nitrogen and oxygen atoms in total. The Morgan fingerprint density at radius 1 is 1.07 bits per heavy atom. The summed E-state index contributed by atoms with van der Waals surface area (Å²) in [6.45, 7) is 8.66. The highest BCUT2D eigenvalue weighted by atomic mass is 35.5. The van der Waals surface area contributed by atoms with Crippen molar-refractivity contribution in [2.75, 3.05) is 44.0 Å². The summed E-state index contributed by atoms with van der Waals surface area (Å²) in [4.78, 5) is 12.1. The number of rotatable bonds is 12. The van der Waals surface area contributed by atoms with Crippen molar-refractivity contribution in [1.29, 1.82) is 5.26 Å². The number of ether oxygens (including phenoxy) is 3. The molecule has 3 unspecified atom stereocenters. The molecule has 2 bridgehead atoms. The van der Waals surface area contributed by atoms with Crippen LogP contribution in [0, 0.1) is 23.1 Å². The summed E-state index contributed by atoms with van der Waals surface area (Å²) in [6, 6.07) is 15.9. The highest BCUT2D eigenvalue weighted by molar-refractivity contribution is 7.23. The first kappa shape index (κ1) is 36.9. The highest BCUT2D eigenvalue weighted by Crippen LogP contribution is 2.49. The average molecular weight is 782 g/mol. The van der Waals surface area contributed by atoms with Crippen LogP contribution in [0.5, 0.6) is 11.8 Å². The predicted molar refractivity (Wildman–Crippen MR) is 213 cm³/mol. The Bertz CT molecular complexity index is 2420. The lowest BCUT2D eigenvalue weighted by molar-refractivity contribution is 0.141. The van der Waals surface area contributed by atoms with Gasteiger partial charge >= 0.3 is 6.01 Å². The van der Waals surface area contributed by atoms with E-state index in [0.717, 1.165) is 54.1 Å². The molecule has 284 valence electrons. The first-order chi connectivity index (χ1) is 26.6. The Labute approximate surface area is 327 Å². The summed E-state index contributed by atoms with van der Waals surface area (Å²) in [7, 11) is 1.60. The van der Waals surface area contributed by atoms with Crippen LogP contribution in [-0.2, 0) is 11.3 Å². The van der Waals surface area contributed by atoms with E-state index in [9.17, 15) is 5.26 Å². The topological polar surface area (TPSA) is 149 Å². The highest BCUT2D eigenvalue weighted by Gasteiger charge is 2.35. The number of piperazine rings is 1. The monoisotopic (exact) mass is 781 g/mol. The van der Waals surface area contributed by atoms with Crippen molar-refractivity contribution in [1.82, 2.24) is 30.3 Å². The number of halogens is 2. The zero-order chi connectivity index (χ0) is 38.4. The fourth-order valence-electron chi connectivity index (χ4n) is 7.40. The molecule has 0 amide bonds. The van der Waals surface area contributed by atoms with E-state index in [0.29, 0.717) is 68.6 Å². The minimum atomic E-state index is -0.484. The number of anilines is 2. The van der Waals surface area contributed by atoms with E-state index in [4.69, 9.17) is 41.5 Å². The Kier molecular flexibility index (Phi) is 10.2.